The molecule has 5 atom stereocenters. The van der Waals surface area contributed by atoms with Crippen LogP contribution in [0, 0.1) is 28.6 Å². The van der Waals surface area contributed by atoms with Gasteiger partial charge in [-0.25, -0.2) is 0 Å². The predicted molar refractivity (Wildman–Crippen MR) is 112 cm³/mol. The van der Waals surface area contributed by atoms with Crippen LogP contribution in [0.25, 0.3) is 0 Å². The fourth-order valence-electron chi connectivity index (χ4n) is 6.71. The molecule has 0 heterocycles. The Morgan fingerprint density at radius 1 is 1.06 bits per heavy atom. The Balaban J connectivity index is 1.59. The van der Waals surface area contributed by atoms with E-state index in [2.05, 4.69) is 19.9 Å². The van der Waals surface area contributed by atoms with Gasteiger partial charge in [0, 0.05) is 24.8 Å². The van der Waals surface area contributed by atoms with Crippen molar-refractivity contribution in [2.45, 2.75) is 66.1 Å². The van der Waals surface area contributed by atoms with E-state index in [-0.39, 0.29) is 16.6 Å². The Labute approximate surface area is 182 Å². The summed E-state index contributed by atoms with van der Waals surface area (Å²) in [5, 5.41) is 0. The lowest BCUT2D eigenvalue weighted by atomic mass is 9.47. The Morgan fingerprint density at radius 2 is 1.74 bits per heavy atom. The number of rotatable bonds is 4. The molecule has 0 aromatic rings. The molecule has 0 N–H and O–H groups in total. The molecule has 0 saturated heterocycles. The fraction of sp³-hybridized carbons (Fsp3) is 0.600. The van der Waals surface area contributed by atoms with Crippen LogP contribution in [-0.4, -0.2) is 29.8 Å². The number of Topliss-reactive ketones (excluding diaryl/α,β-unsaturated/α-hetero) is 1. The first kappa shape index (κ1) is 21.7. The Bertz CT molecular complexity index is 924. The average Bonchev–Trinajstić information content (AvgIpc) is 3.04. The first-order valence-electron chi connectivity index (χ1n) is 11.1. The maximum absolute atomic E-state index is 13.3. The van der Waals surface area contributed by atoms with Gasteiger partial charge in [0.1, 0.15) is 0 Å². The molecular weight excluding hydrogens is 396 g/mol. The van der Waals surface area contributed by atoms with Gasteiger partial charge in [0.15, 0.2) is 5.78 Å². The normalized spacial score (nSPS) is 36.0. The summed E-state index contributed by atoms with van der Waals surface area (Å²) >= 11 is 0. The number of ether oxygens (including phenoxy) is 2. The van der Waals surface area contributed by atoms with Crippen molar-refractivity contribution < 1.29 is 28.7 Å². The van der Waals surface area contributed by atoms with E-state index in [1.807, 2.05) is 12.2 Å². The van der Waals surface area contributed by atoms with Crippen molar-refractivity contribution in [2.24, 2.45) is 28.6 Å². The summed E-state index contributed by atoms with van der Waals surface area (Å²) in [6, 6.07) is 0. The molecule has 6 heteroatoms. The smallest absolute Gasteiger partial charge is 0.310 e. The molecule has 0 unspecified atom stereocenters. The highest BCUT2D eigenvalue weighted by atomic mass is 16.7. The van der Waals surface area contributed by atoms with Gasteiger partial charge in [-0.2, -0.15) is 0 Å². The summed E-state index contributed by atoms with van der Waals surface area (Å²) in [7, 11) is 0. The number of fused-ring (bicyclic) bond motifs is 5. The van der Waals surface area contributed by atoms with Crippen LogP contribution in [0.1, 0.15) is 59.8 Å². The van der Waals surface area contributed by atoms with E-state index in [0.29, 0.717) is 23.3 Å². The van der Waals surface area contributed by atoms with Gasteiger partial charge in [-0.05, 0) is 67.4 Å². The second-order valence-electron chi connectivity index (χ2n) is 9.83. The molecule has 166 valence electrons. The van der Waals surface area contributed by atoms with Crippen molar-refractivity contribution in [3.63, 3.8) is 0 Å². The fourth-order valence-corrected chi connectivity index (χ4v) is 6.71. The summed E-state index contributed by atoms with van der Waals surface area (Å²) in [6.45, 7) is 6.75. The lowest BCUT2D eigenvalue weighted by Crippen LogP contribution is -2.50. The van der Waals surface area contributed by atoms with Crippen molar-refractivity contribution >= 4 is 23.5 Å². The van der Waals surface area contributed by atoms with Gasteiger partial charge < -0.3 is 9.47 Å². The minimum atomic E-state index is -1.53. The van der Waals surface area contributed by atoms with E-state index in [1.165, 1.54) is 19.4 Å². The maximum atomic E-state index is 13.3. The van der Waals surface area contributed by atoms with E-state index in [1.54, 1.807) is 6.08 Å². The highest BCUT2D eigenvalue weighted by Crippen LogP contribution is 2.64. The summed E-state index contributed by atoms with van der Waals surface area (Å²) < 4.78 is 10.1. The van der Waals surface area contributed by atoms with E-state index in [9.17, 15) is 19.2 Å². The quantitative estimate of drug-likeness (QED) is 0.501. The van der Waals surface area contributed by atoms with Gasteiger partial charge in [-0.3, -0.25) is 19.2 Å². The molecule has 2 saturated carbocycles. The van der Waals surface area contributed by atoms with Crippen molar-refractivity contribution in [3.8, 4) is 0 Å². The molecule has 0 aromatic heterocycles. The number of hydrogen-bond acceptors (Lipinski definition) is 6. The SMILES string of the molecule is CC(=O)OC(OC(C)=O)C(=O)C1=CC[C@H]2[C@@H]3CCC4=CC(=O)C=C[C@]4(C)[C@H]3CC[C@]12C. The molecule has 2 fully saturated rings. The second-order valence-corrected chi connectivity index (χ2v) is 9.83. The third-order valence-corrected chi connectivity index (χ3v) is 8.16. The Kier molecular flexibility index (Phi) is 5.31. The molecular formula is C25H30O6. The lowest BCUT2D eigenvalue weighted by molar-refractivity contribution is -0.188. The zero-order valence-electron chi connectivity index (χ0n) is 18.6. The largest absolute Gasteiger partial charge is 0.417 e. The first-order chi connectivity index (χ1) is 14.6. The van der Waals surface area contributed by atoms with E-state index >= 15 is 0 Å². The van der Waals surface area contributed by atoms with Crippen LogP contribution in [-0.2, 0) is 28.7 Å². The van der Waals surface area contributed by atoms with E-state index in [0.717, 1.165) is 32.1 Å². The number of ketones is 2. The highest BCUT2D eigenvalue weighted by molar-refractivity contribution is 6.02. The van der Waals surface area contributed by atoms with Gasteiger partial charge in [0.2, 0.25) is 5.78 Å². The third kappa shape index (κ3) is 3.50. The number of carbonyl (C=O) groups excluding carboxylic acids is 4. The van der Waals surface area contributed by atoms with E-state index < -0.39 is 24.0 Å². The van der Waals surface area contributed by atoms with Crippen LogP contribution in [0.3, 0.4) is 0 Å². The van der Waals surface area contributed by atoms with Crippen LogP contribution >= 0.6 is 0 Å². The molecule has 0 aliphatic heterocycles. The van der Waals surface area contributed by atoms with E-state index in [4.69, 9.17) is 9.47 Å². The maximum Gasteiger partial charge on any atom is 0.310 e. The van der Waals surface area contributed by atoms with Crippen molar-refractivity contribution in [1.29, 1.82) is 0 Å². The molecule has 4 aliphatic rings. The first-order valence-corrected chi connectivity index (χ1v) is 11.1. The minimum absolute atomic E-state index is 0.0731. The molecule has 6 nitrogen and oxygen atoms in total. The van der Waals surface area contributed by atoms with Crippen LogP contribution in [0.2, 0.25) is 0 Å². The summed E-state index contributed by atoms with van der Waals surface area (Å²) in [5.41, 5.74) is 1.40. The van der Waals surface area contributed by atoms with Crippen molar-refractivity contribution in [1.82, 2.24) is 0 Å². The predicted octanol–water partition coefficient (Wildman–Crippen LogP) is 3.85. The summed E-state index contributed by atoms with van der Waals surface area (Å²) in [5.74, 6) is -0.534. The number of allylic oxidation sites excluding steroid dienone is 5. The van der Waals surface area contributed by atoms with Crippen LogP contribution in [0.4, 0.5) is 0 Å². The second kappa shape index (κ2) is 7.57. The average molecular weight is 427 g/mol. The van der Waals surface area contributed by atoms with Crippen molar-refractivity contribution in [2.75, 3.05) is 0 Å². The molecule has 4 rings (SSSR count). The lowest BCUT2D eigenvalue weighted by Gasteiger charge is -2.56. The molecule has 0 radical (unpaired) electrons. The molecule has 0 spiro atoms. The Morgan fingerprint density at radius 3 is 2.39 bits per heavy atom. The zero-order valence-corrected chi connectivity index (χ0v) is 18.6. The Hall–Kier alpha value is -2.50. The van der Waals surface area contributed by atoms with Crippen LogP contribution in [0.15, 0.2) is 35.5 Å². The number of carbonyl (C=O) groups is 4. The summed E-state index contributed by atoms with van der Waals surface area (Å²) in [6.07, 6.45) is 10.5. The number of hydrogen-bond donors (Lipinski definition) is 0. The summed E-state index contributed by atoms with van der Waals surface area (Å²) in [4.78, 5) is 48.1. The van der Waals surface area contributed by atoms with Gasteiger partial charge in [-0.1, -0.05) is 31.6 Å². The number of esters is 2. The van der Waals surface area contributed by atoms with Crippen LogP contribution < -0.4 is 0 Å². The van der Waals surface area contributed by atoms with Gasteiger partial charge in [0.25, 0.3) is 0 Å². The molecule has 0 aromatic carbocycles. The molecule has 0 amide bonds. The van der Waals surface area contributed by atoms with Gasteiger partial charge in [-0.15, -0.1) is 0 Å². The topological polar surface area (TPSA) is 86.7 Å². The zero-order chi connectivity index (χ0) is 22.6. The van der Waals surface area contributed by atoms with Crippen LogP contribution in [0.5, 0.6) is 0 Å². The monoisotopic (exact) mass is 426 g/mol. The van der Waals surface area contributed by atoms with Gasteiger partial charge in [0.05, 0.1) is 0 Å². The minimum Gasteiger partial charge on any atom is -0.417 e. The molecule has 31 heavy (non-hydrogen) atoms. The third-order valence-electron chi connectivity index (χ3n) is 8.16. The van der Waals surface area contributed by atoms with Crippen molar-refractivity contribution in [3.05, 3.63) is 35.5 Å². The molecule has 4 aliphatic carbocycles. The van der Waals surface area contributed by atoms with Gasteiger partial charge >= 0.3 is 18.2 Å². The standard InChI is InChI=1S/C25H30O6/c1-14(26)30-23(31-15(2)27)22(29)21-8-7-19-18-6-5-16-13-17(28)9-11-24(16,3)20(18)10-12-25(19,21)4/h8-9,11,13,18-20,23H,5-7,10,12H2,1-4H3/t18-,19-,20-,24-,25-/m0/s1. The highest BCUT2D eigenvalue weighted by Gasteiger charge is 2.58. The molecule has 0 bridgehead atoms.